The summed E-state index contributed by atoms with van der Waals surface area (Å²) >= 11 is 0. The summed E-state index contributed by atoms with van der Waals surface area (Å²) < 4.78 is 10.5. The fraction of sp³-hybridized carbons (Fsp3) is 0.842. The van der Waals surface area contributed by atoms with E-state index in [1.165, 1.54) is 57.8 Å². The second-order valence-electron chi connectivity index (χ2n) is 13.5. The number of ether oxygens (including phenoxy) is 2. The zero-order valence-electron chi connectivity index (χ0n) is 29.3. The zero-order chi connectivity index (χ0) is 34.0. The summed E-state index contributed by atoms with van der Waals surface area (Å²) in [4.78, 5) is 24.4. The van der Waals surface area contributed by atoms with E-state index in [1.807, 2.05) is 6.08 Å². The molecule has 0 aromatic carbocycles. The Morgan fingerprint density at radius 1 is 0.826 bits per heavy atom. The number of aliphatic hydroxyl groups is 4. The Kier molecular flexibility index (Phi) is 25.0. The Bertz CT molecular complexity index is 828. The fourth-order valence-corrected chi connectivity index (χ4v) is 6.09. The van der Waals surface area contributed by atoms with Crippen LogP contribution in [0.5, 0.6) is 0 Å². The topological polar surface area (TPSA) is 134 Å². The van der Waals surface area contributed by atoms with E-state index in [0.717, 1.165) is 44.4 Å². The zero-order valence-corrected chi connectivity index (χ0v) is 29.3. The van der Waals surface area contributed by atoms with Gasteiger partial charge in [0.05, 0.1) is 31.3 Å². The number of unbranched alkanes of at least 4 members (excludes halogenated alkanes) is 11. The maximum atomic E-state index is 12.2. The Hall–Kier alpha value is -1.74. The van der Waals surface area contributed by atoms with Crippen molar-refractivity contribution in [1.82, 2.24) is 0 Å². The molecule has 0 spiro atoms. The highest BCUT2D eigenvalue weighted by Crippen LogP contribution is 2.36. The fourth-order valence-electron chi connectivity index (χ4n) is 6.09. The Labute approximate surface area is 280 Å². The van der Waals surface area contributed by atoms with Gasteiger partial charge < -0.3 is 29.9 Å². The van der Waals surface area contributed by atoms with E-state index >= 15 is 0 Å². The molecule has 0 saturated heterocycles. The van der Waals surface area contributed by atoms with Crippen molar-refractivity contribution in [2.24, 2.45) is 17.8 Å². The number of esters is 2. The maximum absolute atomic E-state index is 12.2. The van der Waals surface area contributed by atoms with Crippen molar-refractivity contribution in [3.05, 3.63) is 24.3 Å². The molecule has 8 nitrogen and oxygen atoms in total. The lowest BCUT2D eigenvalue weighted by atomic mass is 9.89. The highest BCUT2D eigenvalue weighted by atomic mass is 16.6. The van der Waals surface area contributed by atoms with Crippen molar-refractivity contribution >= 4 is 11.9 Å². The lowest BCUT2D eigenvalue weighted by Gasteiger charge is -2.19. The van der Waals surface area contributed by atoms with E-state index in [1.54, 1.807) is 18.2 Å². The second kappa shape index (κ2) is 27.2. The number of carbonyl (C=O) groups is 2. The average Bonchev–Trinajstić information content (AvgIpc) is 3.31. The van der Waals surface area contributed by atoms with Gasteiger partial charge in [-0.3, -0.25) is 9.59 Å². The van der Waals surface area contributed by atoms with Gasteiger partial charge in [0.1, 0.15) is 6.61 Å². The van der Waals surface area contributed by atoms with E-state index in [-0.39, 0.29) is 37.3 Å². The first-order valence-corrected chi connectivity index (χ1v) is 18.5. The SMILES string of the molecule is CCCCC[C@@H](O)/C=C/[C@@H]1[C@H](C/C=C\CC(=O)OC[C@H](CO)OC(=O)CCCCCCCCCCCCC(C)CC)[C@@H](O)C[C@H]1O. The second-order valence-corrected chi connectivity index (χ2v) is 13.5. The molecule has 1 aliphatic carbocycles. The van der Waals surface area contributed by atoms with Crippen LogP contribution < -0.4 is 0 Å². The van der Waals surface area contributed by atoms with E-state index < -0.39 is 37.0 Å². The molecule has 0 heterocycles. The van der Waals surface area contributed by atoms with Crippen LogP contribution in [0, 0.1) is 17.8 Å². The van der Waals surface area contributed by atoms with Crippen molar-refractivity contribution < 1.29 is 39.5 Å². The molecule has 0 bridgehead atoms. The normalized spacial score (nSPS) is 22.0. The van der Waals surface area contributed by atoms with Crippen LogP contribution in [-0.2, 0) is 19.1 Å². The van der Waals surface area contributed by atoms with Crippen LogP contribution in [0.2, 0.25) is 0 Å². The van der Waals surface area contributed by atoms with E-state index in [0.29, 0.717) is 19.3 Å². The first-order chi connectivity index (χ1) is 22.2. The summed E-state index contributed by atoms with van der Waals surface area (Å²) in [5.74, 6) is -0.512. The molecular formula is C38H68O8. The van der Waals surface area contributed by atoms with Gasteiger partial charge in [0, 0.05) is 18.8 Å². The number of aliphatic hydroxyl groups excluding tert-OH is 4. The number of hydrogen-bond donors (Lipinski definition) is 4. The van der Waals surface area contributed by atoms with Crippen LogP contribution in [0.4, 0.5) is 0 Å². The molecule has 0 amide bonds. The molecule has 1 aliphatic rings. The molecule has 0 aliphatic heterocycles. The summed E-state index contributed by atoms with van der Waals surface area (Å²) in [5.41, 5.74) is 0. The van der Waals surface area contributed by atoms with Gasteiger partial charge in [-0.05, 0) is 31.1 Å². The van der Waals surface area contributed by atoms with E-state index in [2.05, 4.69) is 20.8 Å². The number of allylic oxidation sites excluding steroid dienone is 1. The number of hydrogen-bond acceptors (Lipinski definition) is 8. The van der Waals surface area contributed by atoms with Crippen molar-refractivity contribution in [2.75, 3.05) is 13.2 Å². The molecule has 0 aromatic heterocycles. The quantitative estimate of drug-likeness (QED) is 0.0392. The lowest BCUT2D eigenvalue weighted by Crippen LogP contribution is -2.28. The van der Waals surface area contributed by atoms with Crippen molar-refractivity contribution in [1.29, 1.82) is 0 Å². The van der Waals surface area contributed by atoms with Crippen LogP contribution in [0.3, 0.4) is 0 Å². The van der Waals surface area contributed by atoms with Crippen molar-refractivity contribution in [3.63, 3.8) is 0 Å². The summed E-state index contributed by atoms with van der Waals surface area (Å²) in [6.45, 7) is 6.09. The summed E-state index contributed by atoms with van der Waals surface area (Å²) in [6, 6.07) is 0. The molecular weight excluding hydrogens is 584 g/mol. The smallest absolute Gasteiger partial charge is 0.309 e. The molecule has 1 fully saturated rings. The highest BCUT2D eigenvalue weighted by Gasteiger charge is 2.39. The largest absolute Gasteiger partial charge is 0.461 e. The third-order valence-electron chi connectivity index (χ3n) is 9.39. The Balaban J connectivity index is 2.19. The van der Waals surface area contributed by atoms with Gasteiger partial charge >= 0.3 is 11.9 Å². The molecule has 46 heavy (non-hydrogen) atoms. The monoisotopic (exact) mass is 652 g/mol. The van der Waals surface area contributed by atoms with Crippen LogP contribution in [0.15, 0.2) is 24.3 Å². The van der Waals surface area contributed by atoms with Crippen molar-refractivity contribution in [3.8, 4) is 0 Å². The maximum Gasteiger partial charge on any atom is 0.309 e. The predicted molar refractivity (Wildman–Crippen MR) is 184 cm³/mol. The van der Waals surface area contributed by atoms with Crippen LogP contribution in [0.1, 0.15) is 149 Å². The summed E-state index contributed by atoms with van der Waals surface area (Å²) in [5, 5.41) is 40.6. The Morgan fingerprint density at radius 2 is 1.46 bits per heavy atom. The molecule has 7 atom stereocenters. The summed E-state index contributed by atoms with van der Waals surface area (Å²) in [7, 11) is 0. The minimum absolute atomic E-state index is 0.00630. The van der Waals surface area contributed by atoms with E-state index in [4.69, 9.17) is 9.47 Å². The van der Waals surface area contributed by atoms with Gasteiger partial charge in [-0.15, -0.1) is 0 Å². The first kappa shape index (κ1) is 42.3. The number of rotatable bonds is 28. The van der Waals surface area contributed by atoms with Crippen LogP contribution in [0.25, 0.3) is 0 Å². The number of carbonyl (C=O) groups excluding carboxylic acids is 2. The molecule has 1 rings (SSSR count). The van der Waals surface area contributed by atoms with Gasteiger partial charge in [-0.1, -0.05) is 135 Å². The minimum Gasteiger partial charge on any atom is -0.461 e. The van der Waals surface area contributed by atoms with E-state index in [9.17, 15) is 30.0 Å². The molecule has 268 valence electrons. The van der Waals surface area contributed by atoms with Crippen LogP contribution in [-0.4, -0.2) is 70.0 Å². The minimum atomic E-state index is -0.884. The molecule has 0 radical (unpaired) electrons. The van der Waals surface area contributed by atoms with Gasteiger partial charge in [0.15, 0.2) is 6.10 Å². The molecule has 4 N–H and O–H groups in total. The highest BCUT2D eigenvalue weighted by molar-refractivity contribution is 5.71. The third kappa shape index (κ3) is 20.5. The Morgan fingerprint density at radius 3 is 2.09 bits per heavy atom. The average molecular weight is 653 g/mol. The van der Waals surface area contributed by atoms with Crippen LogP contribution >= 0.6 is 0 Å². The predicted octanol–water partition coefficient (Wildman–Crippen LogP) is 7.35. The third-order valence-corrected chi connectivity index (χ3v) is 9.39. The molecule has 0 aromatic rings. The summed E-state index contributed by atoms with van der Waals surface area (Å²) in [6.07, 6.45) is 23.6. The molecule has 8 heteroatoms. The van der Waals surface area contributed by atoms with Gasteiger partial charge in [0.2, 0.25) is 0 Å². The molecule has 1 saturated carbocycles. The van der Waals surface area contributed by atoms with Gasteiger partial charge in [0.25, 0.3) is 0 Å². The first-order valence-electron chi connectivity index (χ1n) is 18.5. The van der Waals surface area contributed by atoms with Crippen molar-refractivity contribution in [2.45, 2.75) is 174 Å². The standard InChI is InChI=1S/C38H68O8/c1-4-6-15-21-31(40)25-26-34-33(35(41)27-36(34)42)22-18-19-23-37(43)45-29-32(28-39)46-38(44)24-17-14-12-10-8-7-9-11-13-16-20-30(3)5-2/h18-19,25-26,30-36,39-42H,4-17,20-24,27-29H2,1-3H3/b19-18-,26-25+/t30?,31-,32+,33+,34-,35+,36-/m1/s1. The molecule has 1 unspecified atom stereocenters. The van der Waals surface area contributed by atoms with Gasteiger partial charge in [-0.2, -0.15) is 0 Å². The lowest BCUT2D eigenvalue weighted by molar-refractivity contribution is -0.161. The van der Waals surface area contributed by atoms with Gasteiger partial charge in [-0.25, -0.2) is 0 Å².